The zero-order valence-electron chi connectivity index (χ0n) is 16.0. The van der Waals surface area contributed by atoms with Crippen molar-refractivity contribution in [1.29, 1.82) is 0 Å². The number of rotatable bonds is 6. The average Bonchev–Trinajstić information content (AvgIpc) is 3.28. The van der Waals surface area contributed by atoms with E-state index in [0.29, 0.717) is 23.8 Å². The maximum atomic E-state index is 12.7. The van der Waals surface area contributed by atoms with Crippen molar-refractivity contribution < 1.29 is 4.79 Å². The molecule has 1 aliphatic carbocycles. The number of nitrogens with one attached hydrogen (secondary N) is 1. The Bertz CT molecular complexity index is 770. The fourth-order valence-electron chi connectivity index (χ4n) is 3.16. The summed E-state index contributed by atoms with van der Waals surface area (Å²) in [6, 6.07) is 8.72. The molecule has 2 unspecified atom stereocenters. The van der Waals surface area contributed by atoms with E-state index in [9.17, 15) is 4.79 Å². The van der Waals surface area contributed by atoms with Crippen LogP contribution >= 0.6 is 0 Å². The molecule has 2 aromatic rings. The predicted octanol–water partition coefficient (Wildman–Crippen LogP) is 3.65. The van der Waals surface area contributed by atoms with E-state index in [4.69, 9.17) is 0 Å². The average molecular weight is 339 g/mol. The van der Waals surface area contributed by atoms with Crippen molar-refractivity contribution in [2.75, 3.05) is 6.54 Å². The predicted molar refractivity (Wildman–Crippen MR) is 101 cm³/mol. The zero-order valence-corrected chi connectivity index (χ0v) is 16.0. The topological polar surface area (TPSA) is 46.9 Å². The molecule has 4 nitrogen and oxygen atoms in total. The van der Waals surface area contributed by atoms with Crippen molar-refractivity contribution in [2.45, 2.75) is 52.5 Å². The van der Waals surface area contributed by atoms with Crippen LogP contribution in [0.2, 0.25) is 0 Å². The van der Waals surface area contributed by atoms with Crippen LogP contribution < -0.4 is 5.32 Å². The highest BCUT2D eigenvalue weighted by Gasteiger charge is 2.38. The van der Waals surface area contributed by atoms with Gasteiger partial charge in [0.2, 0.25) is 0 Å². The maximum absolute atomic E-state index is 12.7. The molecule has 3 rings (SSSR count). The lowest BCUT2D eigenvalue weighted by atomic mass is 9.97. The summed E-state index contributed by atoms with van der Waals surface area (Å²) in [5.41, 5.74) is 4.45. The van der Waals surface area contributed by atoms with Gasteiger partial charge in [-0.2, -0.15) is 5.10 Å². The molecular weight excluding hydrogens is 310 g/mol. The minimum atomic E-state index is 0.165. The van der Waals surface area contributed by atoms with E-state index in [2.05, 4.69) is 43.3 Å². The van der Waals surface area contributed by atoms with Gasteiger partial charge < -0.3 is 5.32 Å². The third-order valence-corrected chi connectivity index (χ3v) is 5.01. The normalized spacial score (nSPS) is 19.9. The maximum Gasteiger partial charge on any atom is 0.167 e. The van der Waals surface area contributed by atoms with E-state index in [-0.39, 0.29) is 5.78 Å². The Hall–Kier alpha value is -1.94. The van der Waals surface area contributed by atoms with Crippen molar-refractivity contribution in [2.24, 2.45) is 12.5 Å². The Balaban J connectivity index is 1.64. The fourth-order valence-corrected chi connectivity index (χ4v) is 3.16. The number of hydrogen-bond acceptors (Lipinski definition) is 3. The molecule has 1 N–H and O–H groups in total. The summed E-state index contributed by atoms with van der Waals surface area (Å²) in [4.78, 5) is 12.7. The Morgan fingerprint density at radius 3 is 2.76 bits per heavy atom. The van der Waals surface area contributed by atoms with Crippen LogP contribution in [0.3, 0.4) is 0 Å². The van der Waals surface area contributed by atoms with Crippen LogP contribution in [0.1, 0.15) is 60.3 Å². The van der Waals surface area contributed by atoms with E-state index in [1.54, 1.807) is 6.20 Å². The molecule has 0 saturated heterocycles. The first-order chi connectivity index (χ1) is 11.7. The van der Waals surface area contributed by atoms with Crippen LogP contribution in [0, 0.1) is 12.3 Å². The van der Waals surface area contributed by atoms with Crippen molar-refractivity contribution in [3.8, 4) is 0 Å². The molecule has 0 aliphatic heterocycles. The molecule has 1 fully saturated rings. The van der Waals surface area contributed by atoms with Gasteiger partial charge in [0, 0.05) is 48.8 Å². The smallest absolute Gasteiger partial charge is 0.167 e. The molecule has 0 amide bonds. The van der Waals surface area contributed by atoms with E-state index in [1.807, 2.05) is 30.8 Å². The van der Waals surface area contributed by atoms with E-state index in [1.165, 1.54) is 5.56 Å². The first-order valence-electron chi connectivity index (χ1n) is 9.08. The number of aromatic nitrogens is 2. The molecule has 1 aromatic heterocycles. The van der Waals surface area contributed by atoms with Gasteiger partial charge in [0.1, 0.15) is 0 Å². The Labute approximate surface area is 150 Å². The summed E-state index contributed by atoms with van der Waals surface area (Å²) >= 11 is 0. The highest BCUT2D eigenvalue weighted by atomic mass is 16.1. The monoisotopic (exact) mass is 339 g/mol. The number of benzene rings is 1. The van der Waals surface area contributed by atoms with Crippen LogP contribution in [0.25, 0.3) is 0 Å². The first kappa shape index (κ1) is 17.9. The largest absolute Gasteiger partial charge is 0.313 e. The lowest BCUT2D eigenvalue weighted by Crippen LogP contribution is -2.29. The first-order valence-corrected chi connectivity index (χ1v) is 9.08. The second kappa shape index (κ2) is 6.75. The van der Waals surface area contributed by atoms with Crippen molar-refractivity contribution >= 4 is 5.78 Å². The van der Waals surface area contributed by atoms with Crippen molar-refractivity contribution in [3.05, 3.63) is 52.8 Å². The van der Waals surface area contributed by atoms with Crippen LogP contribution in [0.5, 0.6) is 0 Å². The third-order valence-electron chi connectivity index (χ3n) is 5.01. The summed E-state index contributed by atoms with van der Waals surface area (Å²) < 4.78 is 1.81. The fraction of sp³-hybridized carbons (Fsp3) is 0.524. The van der Waals surface area contributed by atoms with E-state index < -0.39 is 0 Å². The minimum absolute atomic E-state index is 0.165. The van der Waals surface area contributed by atoms with Gasteiger partial charge in [-0.25, -0.2) is 0 Å². The molecule has 0 radical (unpaired) electrons. The molecule has 0 bridgehead atoms. The number of ketones is 1. The standard InChI is InChI=1S/C21H29N3O/c1-14-17(12-23-24(14)5)10-20(25)16-8-6-7-15(9-16)18-11-19(18)22-13-21(2,3)4/h6-9,12,18-19,22H,10-11,13H2,1-5H3. The molecule has 25 heavy (non-hydrogen) atoms. The molecule has 0 spiro atoms. The lowest BCUT2D eigenvalue weighted by molar-refractivity contribution is 0.0992. The van der Waals surface area contributed by atoms with E-state index in [0.717, 1.165) is 29.8 Å². The number of hydrogen-bond donors (Lipinski definition) is 1. The summed E-state index contributed by atoms with van der Waals surface area (Å²) in [6.07, 6.45) is 3.37. The van der Waals surface area contributed by atoms with Crippen LogP contribution in [0.4, 0.5) is 0 Å². The number of carbonyl (C=O) groups excluding carboxylic acids is 1. The summed E-state index contributed by atoms with van der Waals surface area (Å²) in [5, 5.41) is 7.87. The van der Waals surface area contributed by atoms with Gasteiger partial charge in [0.25, 0.3) is 0 Å². The SMILES string of the molecule is Cc1c(CC(=O)c2cccc(C3CC3NCC(C)(C)C)c2)cnn1C. The molecular formula is C21H29N3O. The molecule has 4 heteroatoms. The Morgan fingerprint density at radius 1 is 1.36 bits per heavy atom. The van der Waals surface area contributed by atoms with Crippen LogP contribution in [0.15, 0.2) is 30.5 Å². The Kier molecular flexibility index (Phi) is 4.83. The molecule has 1 aliphatic rings. The summed E-state index contributed by atoms with van der Waals surface area (Å²) in [5.74, 6) is 0.702. The second-order valence-corrected chi connectivity index (χ2v) is 8.49. The van der Waals surface area contributed by atoms with Gasteiger partial charge in [0.05, 0.1) is 6.20 Å². The van der Waals surface area contributed by atoms with Gasteiger partial charge in [-0.1, -0.05) is 39.0 Å². The number of carbonyl (C=O) groups is 1. The highest BCUT2D eigenvalue weighted by Crippen LogP contribution is 2.41. The van der Waals surface area contributed by atoms with Gasteiger partial charge in [-0.15, -0.1) is 0 Å². The molecule has 1 aromatic carbocycles. The number of aryl methyl sites for hydroxylation is 1. The quantitative estimate of drug-likeness (QED) is 0.817. The summed E-state index contributed by atoms with van der Waals surface area (Å²) in [6.45, 7) is 9.76. The lowest BCUT2D eigenvalue weighted by Gasteiger charge is -2.18. The van der Waals surface area contributed by atoms with Gasteiger partial charge in [0.15, 0.2) is 5.78 Å². The number of Topliss-reactive ketones (excluding diaryl/α,β-unsaturated/α-hetero) is 1. The minimum Gasteiger partial charge on any atom is -0.313 e. The zero-order chi connectivity index (χ0) is 18.2. The third kappa shape index (κ3) is 4.37. The van der Waals surface area contributed by atoms with Gasteiger partial charge in [-0.3, -0.25) is 9.48 Å². The van der Waals surface area contributed by atoms with Gasteiger partial charge >= 0.3 is 0 Å². The van der Waals surface area contributed by atoms with Crippen LogP contribution in [-0.4, -0.2) is 28.2 Å². The highest BCUT2D eigenvalue weighted by molar-refractivity contribution is 5.97. The Morgan fingerprint density at radius 2 is 2.12 bits per heavy atom. The van der Waals surface area contributed by atoms with Crippen molar-refractivity contribution in [3.63, 3.8) is 0 Å². The van der Waals surface area contributed by atoms with Gasteiger partial charge in [-0.05, 0) is 30.4 Å². The molecule has 1 saturated carbocycles. The molecule has 2 atom stereocenters. The second-order valence-electron chi connectivity index (χ2n) is 8.49. The van der Waals surface area contributed by atoms with Crippen molar-refractivity contribution in [1.82, 2.24) is 15.1 Å². The molecule has 1 heterocycles. The summed E-state index contributed by atoms with van der Waals surface area (Å²) in [7, 11) is 1.90. The van der Waals surface area contributed by atoms with Crippen LogP contribution in [-0.2, 0) is 13.5 Å². The number of nitrogens with zero attached hydrogens (tertiary/aromatic N) is 2. The molecule has 134 valence electrons. The van der Waals surface area contributed by atoms with E-state index >= 15 is 0 Å².